The molecule has 0 radical (unpaired) electrons. The highest BCUT2D eigenvalue weighted by Crippen LogP contribution is 2.13. The molecule has 0 unspecified atom stereocenters. The second-order valence-corrected chi connectivity index (χ2v) is 3.78. The van der Waals surface area contributed by atoms with Crippen LogP contribution in [-0.2, 0) is 4.74 Å². The third-order valence-electron chi connectivity index (χ3n) is 2.08. The minimum absolute atomic E-state index is 0.279. The molecule has 4 nitrogen and oxygen atoms in total. The number of likely N-dealkylation sites (N-methyl/N-ethyl adjacent to an activating group) is 1. The maximum absolute atomic E-state index is 5.60. The summed E-state index contributed by atoms with van der Waals surface area (Å²) in [7, 11) is 2.01. The molecule has 0 aliphatic rings. The molecule has 0 aromatic carbocycles. The normalized spacial score (nSPS) is 10.7. The van der Waals surface area contributed by atoms with Gasteiger partial charge in [0.15, 0.2) is 0 Å². The number of pyridine rings is 1. The first-order chi connectivity index (χ1) is 7.09. The molecule has 84 valence electrons. The van der Waals surface area contributed by atoms with Crippen LogP contribution in [0.15, 0.2) is 18.3 Å². The van der Waals surface area contributed by atoms with E-state index in [9.17, 15) is 0 Å². The first-order valence-corrected chi connectivity index (χ1v) is 5.14. The zero-order valence-electron chi connectivity index (χ0n) is 9.60. The van der Waals surface area contributed by atoms with E-state index in [-0.39, 0.29) is 6.10 Å². The lowest BCUT2D eigenvalue weighted by Gasteiger charge is -2.20. The van der Waals surface area contributed by atoms with Crippen molar-refractivity contribution in [3.05, 3.63) is 18.3 Å². The summed E-state index contributed by atoms with van der Waals surface area (Å²) in [4.78, 5) is 6.05. The Morgan fingerprint density at radius 3 is 2.87 bits per heavy atom. The molecule has 4 heteroatoms. The highest BCUT2D eigenvalue weighted by Gasteiger charge is 2.01. The Bertz CT molecular complexity index is 302. The standard InChI is InChI=1S/C11H19N3O/c1-9(2)15-7-6-14(3)10-4-5-13-11(12)8-10/h4-5,8-9H,6-7H2,1-3H3,(H2,12,13). The van der Waals surface area contributed by atoms with E-state index in [2.05, 4.69) is 9.88 Å². The fourth-order valence-corrected chi connectivity index (χ4v) is 1.23. The van der Waals surface area contributed by atoms with Gasteiger partial charge in [-0.25, -0.2) is 4.98 Å². The van der Waals surface area contributed by atoms with Crippen LogP contribution in [-0.4, -0.2) is 31.3 Å². The van der Waals surface area contributed by atoms with Crippen molar-refractivity contribution in [2.45, 2.75) is 20.0 Å². The third kappa shape index (κ3) is 4.16. The molecular formula is C11H19N3O. The molecule has 0 saturated carbocycles. The number of nitrogens with zero attached hydrogens (tertiary/aromatic N) is 2. The Labute approximate surface area is 91.1 Å². The molecule has 1 aromatic heterocycles. The van der Waals surface area contributed by atoms with Crippen LogP contribution >= 0.6 is 0 Å². The zero-order chi connectivity index (χ0) is 11.3. The molecule has 0 bridgehead atoms. The van der Waals surface area contributed by atoms with E-state index in [1.165, 1.54) is 0 Å². The van der Waals surface area contributed by atoms with Crippen molar-refractivity contribution in [3.8, 4) is 0 Å². The third-order valence-corrected chi connectivity index (χ3v) is 2.08. The molecule has 0 aliphatic carbocycles. The Balaban J connectivity index is 2.43. The van der Waals surface area contributed by atoms with Crippen LogP contribution in [0.4, 0.5) is 11.5 Å². The fourth-order valence-electron chi connectivity index (χ4n) is 1.23. The maximum Gasteiger partial charge on any atom is 0.125 e. The summed E-state index contributed by atoms with van der Waals surface area (Å²) in [5.74, 6) is 0.545. The van der Waals surface area contributed by atoms with E-state index in [4.69, 9.17) is 10.5 Å². The van der Waals surface area contributed by atoms with Crippen LogP contribution in [0.1, 0.15) is 13.8 Å². The fraction of sp³-hybridized carbons (Fsp3) is 0.545. The van der Waals surface area contributed by atoms with Crippen LogP contribution in [0, 0.1) is 0 Å². The summed E-state index contributed by atoms with van der Waals surface area (Å²) >= 11 is 0. The van der Waals surface area contributed by atoms with Crippen LogP contribution < -0.4 is 10.6 Å². The average molecular weight is 209 g/mol. The van der Waals surface area contributed by atoms with Gasteiger partial charge in [-0.2, -0.15) is 0 Å². The topological polar surface area (TPSA) is 51.4 Å². The number of rotatable bonds is 5. The molecule has 2 N–H and O–H groups in total. The van der Waals surface area contributed by atoms with Crippen molar-refractivity contribution in [1.29, 1.82) is 0 Å². The molecule has 15 heavy (non-hydrogen) atoms. The summed E-state index contributed by atoms with van der Waals surface area (Å²) in [6.45, 7) is 5.63. The molecule has 0 fully saturated rings. The van der Waals surface area contributed by atoms with Gasteiger partial charge in [0.2, 0.25) is 0 Å². The van der Waals surface area contributed by atoms with E-state index in [1.807, 2.05) is 33.0 Å². The number of anilines is 2. The lowest BCUT2D eigenvalue weighted by Crippen LogP contribution is -2.24. The van der Waals surface area contributed by atoms with Crippen molar-refractivity contribution in [1.82, 2.24) is 4.98 Å². The summed E-state index contributed by atoms with van der Waals surface area (Å²) in [5.41, 5.74) is 6.67. The van der Waals surface area contributed by atoms with E-state index >= 15 is 0 Å². The number of nitrogens with two attached hydrogens (primary N) is 1. The lowest BCUT2D eigenvalue weighted by atomic mass is 10.3. The van der Waals surface area contributed by atoms with E-state index in [1.54, 1.807) is 6.20 Å². The monoisotopic (exact) mass is 209 g/mol. The number of hydrogen-bond donors (Lipinski definition) is 1. The van der Waals surface area contributed by atoms with Crippen molar-refractivity contribution < 1.29 is 4.74 Å². The van der Waals surface area contributed by atoms with Crippen LogP contribution in [0.2, 0.25) is 0 Å². The number of ether oxygens (including phenoxy) is 1. The summed E-state index contributed by atoms with van der Waals surface area (Å²) < 4.78 is 5.48. The van der Waals surface area contributed by atoms with E-state index in [0.717, 1.165) is 18.8 Å². The Kier molecular flexibility index (Phi) is 4.37. The van der Waals surface area contributed by atoms with Crippen molar-refractivity contribution in [2.75, 3.05) is 30.8 Å². The quantitative estimate of drug-likeness (QED) is 0.799. The predicted octanol–water partition coefficient (Wildman–Crippen LogP) is 1.53. The first-order valence-electron chi connectivity index (χ1n) is 5.14. The molecule has 0 atom stereocenters. The van der Waals surface area contributed by atoms with Gasteiger partial charge in [-0.1, -0.05) is 0 Å². The Morgan fingerprint density at radius 1 is 1.53 bits per heavy atom. The summed E-state index contributed by atoms with van der Waals surface area (Å²) in [6.07, 6.45) is 1.99. The summed E-state index contributed by atoms with van der Waals surface area (Å²) in [6, 6.07) is 3.79. The lowest BCUT2D eigenvalue weighted by molar-refractivity contribution is 0.0846. The van der Waals surface area contributed by atoms with Crippen molar-refractivity contribution in [3.63, 3.8) is 0 Å². The largest absolute Gasteiger partial charge is 0.384 e. The number of aromatic nitrogens is 1. The molecule has 0 amide bonds. The van der Waals surface area contributed by atoms with Gasteiger partial charge in [0.1, 0.15) is 5.82 Å². The van der Waals surface area contributed by atoms with E-state index in [0.29, 0.717) is 5.82 Å². The second kappa shape index (κ2) is 5.56. The molecular weight excluding hydrogens is 190 g/mol. The van der Waals surface area contributed by atoms with Crippen LogP contribution in [0.25, 0.3) is 0 Å². The summed E-state index contributed by atoms with van der Waals surface area (Å²) in [5, 5.41) is 0. The van der Waals surface area contributed by atoms with Gasteiger partial charge in [0, 0.05) is 31.5 Å². The van der Waals surface area contributed by atoms with Crippen LogP contribution in [0.3, 0.4) is 0 Å². The maximum atomic E-state index is 5.60. The molecule has 1 rings (SSSR count). The average Bonchev–Trinajstić information content (AvgIpc) is 2.17. The molecule has 0 spiro atoms. The Hall–Kier alpha value is -1.29. The molecule has 0 aliphatic heterocycles. The highest BCUT2D eigenvalue weighted by atomic mass is 16.5. The smallest absolute Gasteiger partial charge is 0.125 e. The predicted molar refractivity (Wildman–Crippen MR) is 63.0 cm³/mol. The van der Waals surface area contributed by atoms with Gasteiger partial charge in [0.05, 0.1) is 12.7 Å². The van der Waals surface area contributed by atoms with Crippen molar-refractivity contribution in [2.24, 2.45) is 0 Å². The van der Waals surface area contributed by atoms with Gasteiger partial charge in [-0.3, -0.25) is 0 Å². The SMILES string of the molecule is CC(C)OCCN(C)c1ccnc(N)c1. The van der Waals surface area contributed by atoms with Gasteiger partial charge < -0.3 is 15.4 Å². The van der Waals surface area contributed by atoms with Gasteiger partial charge in [0.25, 0.3) is 0 Å². The molecule has 1 aromatic rings. The highest BCUT2D eigenvalue weighted by molar-refractivity contribution is 5.51. The second-order valence-electron chi connectivity index (χ2n) is 3.78. The van der Waals surface area contributed by atoms with Crippen molar-refractivity contribution >= 4 is 11.5 Å². The minimum atomic E-state index is 0.279. The number of hydrogen-bond acceptors (Lipinski definition) is 4. The van der Waals surface area contributed by atoms with Crippen LogP contribution in [0.5, 0.6) is 0 Å². The van der Waals surface area contributed by atoms with Gasteiger partial charge >= 0.3 is 0 Å². The minimum Gasteiger partial charge on any atom is -0.384 e. The van der Waals surface area contributed by atoms with Gasteiger partial charge in [-0.05, 0) is 19.9 Å². The number of nitrogen functional groups attached to an aromatic ring is 1. The van der Waals surface area contributed by atoms with E-state index < -0.39 is 0 Å². The first kappa shape index (κ1) is 11.8. The molecule has 0 saturated heterocycles. The Morgan fingerprint density at radius 2 is 2.27 bits per heavy atom. The molecule has 1 heterocycles. The zero-order valence-corrected chi connectivity index (χ0v) is 9.60. The van der Waals surface area contributed by atoms with Gasteiger partial charge in [-0.15, -0.1) is 0 Å².